The molecule has 3 heteroatoms. The van der Waals surface area contributed by atoms with Gasteiger partial charge < -0.3 is 9.72 Å². The van der Waals surface area contributed by atoms with E-state index in [4.69, 9.17) is 4.74 Å². The topological polar surface area (TPSA) is 28.9 Å². The second-order valence-electron chi connectivity index (χ2n) is 7.38. The van der Waals surface area contributed by atoms with Crippen LogP contribution in [0.15, 0.2) is 91.1 Å². The maximum absolute atomic E-state index is 5.28. The highest BCUT2D eigenvalue weighted by Crippen LogP contribution is 2.27. The minimum Gasteiger partial charge on any atom is -0.497 e. The van der Waals surface area contributed by atoms with Crippen LogP contribution in [-0.4, -0.2) is 12.1 Å². The van der Waals surface area contributed by atoms with Crippen LogP contribution < -0.4 is 9.30 Å². The Balaban J connectivity index is 1.64. The zero-order valence-corrected chi connectivity index (χ0v) is 16.9. The van der Waals surface area contributed by atoms with E-state index < -0.39 is 0 Å². The van der Waals surface area contributed by atoms with Crippen LogP contribution in [0.1, 0.15) is 16.8 Å². The molecular formula is C27H23N2O+. The van der Waals surface area contributed by atoms with Gasteiger partial charge in [0.15, 0.2) is 12.7 Å². The lowest BCUT2D eigenvalue weighted by molar-refractivity contribution is -0.688. The maximum atomic E-state index is 5.28. The first-order chi connectivity index (χ1) is 14.8. The third-order valence-corrected chi connectivity index (χ3v) is 5.48. The lowest BCUT2D eigenvalue weighted by Crippen LogP contribution is -2.37. The molecule has 0 radical (unpaired) electrons. The van der Waals surface area contributed by atoms with Gasteiger partial charge in [-0.2, -0.15) is 4.57 Å². The molecule has 0 aliphatic heterocycles. The van der Waals surface area contributed by atoms with Crippen LogP contribution in [0, 0.1) is 0 Å². The van der Waals surface area contributed by atoms with Crippen molar-refractivity contribution in [3.63, 3.8) is 0 Å². The molecule has 0 aliphatic rings. The smallest absolute Gasteiger partial charge is 0.229 e. The van der Waals surface area contributed by atoms with Crippen LogP contribution in [0.5, 0.6) is 5.75 Å². The van der Waals surface area contributed by atoms with Crippen molar-refractivity contribution in [2.24, 2.45) is 0 Å². The highest BCUT2D eigenvalue weighted by Gasteiger charge is 2.17. The molecule has 0 atom stereocenters. The first-order valence-electron chi connectivity index (χ1n) is 10.1. The molecule has 146 valence electrons. The third kappa shape index (κ3) is 3.46. The fourth-order valence-corrected chi connectivity index (χ4v) is 3.91. The molecule has 0 bridgehead atoms. The van der Waals surface area contributed by atoms with Gasteiger partial charge in [-0.25, -0.2) is 0 Å². The highest BCUT2D eigenvalue weighted by atomic mass is 16.5. The second-order valence-corrected chi connectivity index (χ2v) is 7.38. The van der Waals surface area contributed by atoms with E-state index in [0.29, 0.717) is 0 Å². The van der Waals surface area contributed by atoms with E-state index in [1.54, 1.807) is 7.11 Å². The molecule has 30 heavy (non-hydrogen) atoms. The molecular weight excluding hydrogens is 368 g/mol. The maximum Gasteiger partial charge on any atom is 0.229 e. The number of ether oxygens (including phenoxy) is 1. The van der Waals surface area contributed by atoms with Gasteiger partial charge in [0.2, 0.25) is 5.69 Å². The van der Waals surface area contributed by atoms with Crippen LogP contribution in [0.25, 0.3) is 34.0 Å². The van der Waals surface area contributed by atoms with Gasteiger partial charge in [0, 0.05) is 34.0 Å². The van der Waals surface area contributed by atoms with Crippen LogP contribution in [0.2, 0.25) is 0 Å². The summed E-state index contributed by atoms with van der Waals surface area (Å²) in [5.41, 5.74) is 5.87. The molecule has 5 aromatic rings. The first kappa shape index (κ1) is 18.2. The van der Waals surface area contributed by atoms with Gasteiger partial charge in [-0.1, -0.05) is 60.7 Å². The third-order valence-electron chi connectivity index (χ3n) is 5.48. The van der Waals surface area contributed by atoms with Crippen molar-refractivity contribution >= 4 is 34.0 Å². The van der Waals surface area contributed by atoms with Crippen molar-refractivity contribution in [3.05, 3.63) is 108 Å². The van der Waals surface area contributed by atoms with Gasteiger partial charge in [-0.05, 0) is 29.8 Å². The monoisotopic (exact) mass is 391 g/mol. The Morgan fingerprint density at radius 2 is 1.57 bits per heavy atom. The molecule has 3 aromatic carbocycles. The van der Waals surface area contributed by atoms with E-state index in [1.165, 1.54) is 16.3 Å². The number of hydrogen-bond acceptors (Lipinski definition) is 1. The predicted octanol–water partition coefficient (Wildman–Crippen LogP) is 5.84. The minimum atomic E-state index is 0.814. The SMILES string of the molecule is COc1ccc(C=Cc2c3[nH]c4ccccc4c3cc[n+]2Cc2ccccc2)cc1. The number of nitrogens with one attached hydrogen (secondary N) is 1. The van der Waals surface area contributed by atoms with E-state index >= 15 is 0 Å². The number of methoxy groups -OCH3 is 1. The van der Waals surface area contributed by atoms with Crippen LogP contribution in [0.4, 0.5) is 0 Å². The molecule has 2 aromatic heterocycles. The lowest BCUT2D eigenvalue weighted by Gasteiger charge is -2.04. The average molecular weight is 391 g/mol. The average Bonchev–Trinajstić information content (AvgIpc) is 3.18. The zero-order chi connectivity index (χ0) is 20.3. The Hall–Kier alpha value is -3.85. The number of fused-ring (bicyclic) bond motifs is 3. The highest BCUT2D eigenvalue weighted by molar-refractivity contribution is 6.08. The first-order valence-corrected chi connectivity index (χ1v) is 10.1. The summed E-state index contributed by atoms with van der Waals surface area (Å²) >= 11 is 0. The summed E-state index contributed by atoms with van der Waals surface area (Å²) in [7, 11) is 1.69. The number of aromatic amines is 1. The number of pyridine rings is 1. The molecule has 5 rings (SSSR count). The van der Waals surface area contributed by atoms with Gasteiger partial charge >= 0.3 is 0 Å². The standard InChI is InChI=1S/C27H22N2O/c1-30-22-14-11-20(12-15-22)13-16-26-27-24(23-9-5-6-10-25(23)28-27)17-18-29(26)19-21-7-3-2-4-8-21/h2-18H,19H2,1H3/p+1. The number of para-hydroxylation sites is 1. The summed E-state index contributed by atoms with van der Waals surface area (Å²) in [6.07, 6.45) is 6.53. The largest absolute Gasteiger partial charge is 0.497 e. The van der Waals surface area contributed by atoms with Crippen LogP contribution in [0.3, 0.4) is 0 Å². The molecule has 0 amide bonds. The fraction of sp³-hybridized carbons (Fsp3) is 0.0741. The van der Waals surface area contributed by atoms with Gasteiger partial charge in [0.25, 0.3) is 0 Å². The van der Waals surface area contributed by atoms with E-state index in [2.05, 4.69) is 101 Å². The molecule has 0 saturated carbocycles. The number of hydrogen-bond donors (Lipinski definition) is 1. The Labute approximate surface area is 175 Å². The zero-order valence-electron chi connectivity index (χ0n) is 16.9. The minimum absolute atomic E-state index is 0.814. The van der Waals surface area contributed by atoms with E-state index in [9.17, 15) is 0 Å². The Morgan fingerprint density at radius 3 is 2.37 bits per heavy atom. The van der Waals surface area contributed by atoms with Gasteiger partial charge in [-0.3, -0.25) is 0 Å². The quantitative estimate of drug-likeness (QED) is 0.375. The summed E-state index contributed by atoms with van der Waals surface area (Å²) in [4.78, 5) is 3.64. The summed E-state index contributed by atoms with van der Waals surface area (Å²) in [6, 6.07) is 29.4. The van der Waals surface area contributed by atoms with Crippen molar-refractivity contribution in [2.75, 3.05) is 7.11 Å². The summed E-state index contributed by atoms with van der Waals surface area (Å²) < 4.78 is 7.57. The molecule has 2 heterocycles. The Kier molecular flexibility index (Phi) is 4.78. The van der Waals surface area contributed by atoms with Gasteiger partial charge in [-0.15, -0.1) is 0 Å². The lowest BCUT2D eigenvalue weighted by atomic mass is 10.1. The molecule has 0 aliphatic carbocycles. The number of rotatable bonds is 5. The normalized spacial score (nSPS) is 11.5. The molecule has 0 saturated heterocycles. The van der Waals surface area contributed by atoms with E-state index in [-0.39, 0.29) is 0 Å². The Morgan fingerprint density at radius 1 is 0.800 bits per heavy atom. The number of H-pyrrole nitrogens is 1. The Bertz CT molecular complexity index is 1330. The number of nitrogens with zero attached hydrogens (tertiary/aromatic N) is 1. The fourth-order valence-electron chi connectivity index (χ4n) is 3.91. The number of aromatic nitrogens is 2. The molecule has 0 unspecified atom stereocenters. The van der Waals surface area contributed by atoms with Crippen LogP contribution in [-0.2, 0) is 6.54 Å². The summed E-state index contributed by atoms with van der Waals surface area (Å²) in [6.45, 7) is 0.814. The van der Waals surface area contributed by atoms with Crippen molar-refractivity contribution in [2.45, 2.75) is 6.54 Å². The van der Waals surface area contributed by atoms with Gasteiger partial charge in [0.1, 0.15) is 11.3 Å². The van der Waals surface area contributed by atoms with Gasteiger partial charge in [0.05, 0.1) is 7.11 Å². The van der Waals surface area contributed by atoms with Crippen molar-refractivity contribution in [1.82, 2.24) is 4.98 Å². The van der Waals surface area contributed by atoms with Crippen molar-refractivity contribution in [1.29, 1.82) is 0 Å². The van der Waals surface area contributed by atoms with E-state index in [0.717, 1.165) is 34.6 Å². The predicted molar refractivity (Wildman–Crippen MR) is 123 cm³/mol. The van der Waals surface area contributed by atoms with Crippen LogP contribution >= 0.6 is 0 Å². The second kappa shape index (κ2) is 7.88. The molecule has 1 N–H and O–H groups in total. The summed E-state index contributed by atoms with van der Waals surface area (Å²) in [5, 5.41) is 2.49. The molecule has 3 nitrogen and oxygen atoms in total. The van der Waals surface area contributed by atoms with Crippen molar-refractivity contribution in [3.8, 4) is 5.75 Å². The number of benzene rings is 3. The van der Waals surface area contributed by atoms with E-state index in [1.807, 2.05) is 12.1 Å². The van der Waals surface area contributed by atoms with Crippen molar-refractivity contribution < 1.29 is 9.30 Å². The molecule has 0 spiro atoms. The summed E-state index contributed by atoms with van der Waals surface area (Å²) in [5.74, 6) is 0.865. The molecule has 0 fully saturated rings.